The van der Waals surface area contributed by atoms with Gasteiger partial charge >= 0.3 is 12.1 Å². The molecule has 0 bridgehead atoms. The maximum Gasteiger partial charge on any atom is 0.407 e. The third-order valence-electron chi connectivity index (χ3n) is 8.15. The van der Waals surface area contributed by atoms with Crippen LogP contribution in [0.5, 0.6) is 0 Å². The smallest absolute Gasteiger partial charge is 0.407 e. The zero-order chi connectivity index (χ0) is 26.1. The minimum atomic E-state index is -1.09. The first-order chi connectivity index (χ1) is 18.6. The van der Waals surface area contributed by atoms with Gasteiger partial charge in [-0.2, -0.15) is 0 Å². The van der Waals surface area contributed by atoms with Crippen molar-refractivity contribution in [2.75, 3.05) is 6.61 Å². The van der Waals surface area contributed by atoms with Crippen molar-refractivity contribution in [2.45, 2.75) is 56.5 Å². The summed E-state index contributed by atoms with van der Waals surface area (Å²) in [5, 5.41) is 13.6. The molecule has 6 rings (SSSR count). The number of carbonyl (C=O) groups is 2. The number of ether oxygens (including phenoxy) is 1. The standard InChI is InChI=1S/C32H32N2O4/c35-31(36)29(18-21-19-34(22-10-2-1-3-11-22)30-17-9-8-12-23(21)30)33-32(37)38-20-28-26-15-6-4-13-24(26)25-14-5-7-16-27(25)28/h4-9,12-17,19,22,28-29H,1-3,10-11,18,20H2,(H,33,37)(H,35,36). The number of carbonyl (C=O) groups excluding carboxylic acids is 1. The van der Waals surface area contributed by atoms with Crippen molar-refractivity contribution in [2.24, 2.45) is 0 Å². The zero-order valence-electron chi connectivity index (χ0n) is 21.3. The Kier molecular flexibility index (Phi) is 6.62. The number of nitrogens with zero attached hydrogens (tertiary/aromatic N) is 1. The minimum absolute atomic E-state index is 0.0788. The molecule has 1 unspecified atom stereocenters. The second-order valence-corrected chi connectivity index (χ2v) is 10.4. The number of hydrogen-bond donors (Lipinski definition) is 2. The number of amides is 1. The second-order valence-electron chi connectivity index (χ2n) is 10.4. The van der Waals surface area contributed by atoms with E-state index in [1.54, 1.807) is 0 Å². The lowest BCUT2D eigenvalue weighted by atomic mass is 9.95. The average molecular weight is 509 g/mol. The Balaban J connectivity index is 1.17. The maximum atomic E-state index is 12.8. The van der Waals surface area contributed by atoms with Crippen molar-refractivity contribution in [3.8, 4) is 11.1 Å². The lowest BCUT2D eigenvalue weighted by Crippen LogP contribution is -2.42. The van der Waals surface area contributed by atoms with Crippen LogP contribution < -0.4 is 5.32 Å². The molecule has 1 saturated carbocycles. The fourth-order valence-corrected chi connectivity index (χ4v) is 6.30. The largest absolute Gasteiger partial charge is 0.480 e. The molecular formula is C32H32N2O4. The molecule has 1 aromatic heterocycles. The number of carboxylic acid groups (broad SMARTS) is 1. The van der Waals surface area contributed by atoms with Gasteiger partial charge < -0.3 is 19.7 Å². The Hall–Kier alpha value is -4.06. The van der Waals surface area contributed by atoms with Crippen molar-refractivity contribution >= 4 is 23.0 Å². The molecule has 2 N–H and O–H groups in total. The highest BCUT2D eigenvalue weighted by atomic mass is 16.5. The van der Waals surface area contributed by atoms with E-state index in [9.17, 15) is 14.7 Å². The minimum Gasteiger partial charge on any atom is -0.480 e. The van der Waals surface area contributed by atoms with Gasteiger partial charge in [0.15, 0.2) is 0 Å². The van der Waals surface area contributed by atoms with Crippen LogP contribution in [0.2, 0.25) is 0 Å². The Bertz CT molecular complexity index is 1440. The van der Waals surface area contributed by atoms with Crippen LogP contribution in [-0.2, 0) is 16.0 Å². The summed E-state index contributed by atoms with van der Waals surface area (Å²) < 4.78 is 7.94. The molecule has 0 radical (unpaired) electrons. The van der Waals surface area contributed by atoms with Gasteiger partial charge in [-0.15, -0.1) is 0 Å². The predicted molar refractivity (Wildman–Crippen MR) is 147 cm³/mol. The number of para-hydroxylation sites is 1. The summed E-state index contributed by atoms with van der Waals surface area (Å²) in [5.41, 5.74) is 6.58. The number of alkyl carbamates (subject to hydrolysis) is 1. The Morgan fingerprint density at radius 3 is 2.21 bits per heavy atom. The van der Waals surface area contributed by atoms with Crippen LogP contribution in [0.3, 0.4) is 0 Å². The number of aromatic nitrogens is 1. The van der Waals surface area contributed by atoms with E-state index in [0.29, 0.717) is 6.04 Å². The molecule has 1 heterocycles. The summed E-state index contributed by atoms with van der Waals surface area (Å²) in [6, 6.07) is 23.8. The van der Waals surface area contributed by atoms with Gasteiger partial charge in [0.25, 0.3) is 0 Å². The normalized spacial score (nSPS) is 16.1. The lowest BCUT2D eigenvalue weighted by Gasteiger charge is -2.24. The lowest BCUT2D eigenvalue weighted by molar-refractivity contribution is -0.139. The van der Waals surface area contributed by atoms with Crippen LogP contribution in [0.15, 0.2) is 79.0 Å². The van der Waals surface area contributed by atoms with E-state index < -0.39 is 18.1 Å². The summed E-state index contributed by atoms with van der Waals surface area (Å²) >= 11 is 0. The third kappa shape index (κ3) is 4.55. The van der Waals surface area contributed by atoms with Crippen LogP contribution in [0, 0.1) is 0 Å². The number of hydrogen-bond acceptors (Lipinski definition) is 3. The first-order valence-electron chi connectivity index (χ1n) is 13.5. The highest BCUT2D eigenvalue weighted by molar-refractivity contribution is 5.86. The van der Waals surface area contributed by atoms with Gasteiger partial charge in [0.2, 0.25) is 0 Å². The van der Waals surface area contributed by atoms with Crippen molar-refractivity contribution < 1.29 is 19.4 Å². The Morgan fingerprint density at radius 1 is 0.895 bits per heavy atom. The van der Waals surface area contributed by atoms with Gasteiger partial charge in [-0.1, -0.05) is 86.0 Å². The monoisotopic (exact) mass is 508 g/mol. The quantitative estimate of drug-likeness (QED) is 0.292. The van der Waals surface area contributed by atoms with Gasteiger partial charge in [0, 0.05) is 35.5 Å². The number of rotatable bonds is 7. The van der Waals surface area contributed by atoms with E-state index in [1.807, 2.05) is 42.5 Å². The van der Waals surface area contributed by atoms with Gasteiger partial charge in [-0.25, -0.2) is 9.59 Å². The maximum absolute atomic E-state index is 12.8. The molecule has 38 heavy (non-hydrogen) atoms. The van der Waals surface area contributed by atoms with Crippen LogP contribution in [-0.4, -0.2) is 34.4 Å². The fraction of sp³-hybridized carbons (Fsp3) is 0.312. The van der Waals surface area contributed by atoms with Crippen molar-refractivity contribution in [1.82, 2.24) is 9.88 Å². The van der Waals surface area contributed by atoms with Gasteiger partial charge in [-0.05, 0) is 46.7 Å². The number of fused-ring (bicyclic) bond motifs is 4. The molecule has 4 aromatic rings. The summed E-state index contributed by atoms with van der Waals surface area (Å²) in [5.74, 6) is -1.15. The summed E-state index contributed by atoms with van der Waals surface area (Å²) in [6.45, 7) is 0.146. The molecule has 2 aliphatic carbocycles. The van der Waals surface area contributed by atoms with Crippen molar-refractivity contribution in [1.29, 1.82) is 0 Å². The van der Waals surface area contributed by atoms with Crippen molar-refractivity contribution in [3.63, 3.8) is 0 Å². The summed E-state index contributed by atoms with van der Waals surface area (Å²) in [4.78, 5) is 25.0. The molecule has 2 aliphatic rings. The number of carboxylic acids is 1. The van der Waals surface area contributed by atoms with E-state index in [4.69, 9.17) is 4.74 Å². The number of aliphatic carboxylic acids is 1. The van der Waals surface area contributed by atoms with E-state index >= 15 is 0 Å². The second kappa shape index (κ2) is 10.4. The van der Waals surface area contributed by atoms with Crippen LogP contribution >= 0.6 is 0 Å². The first-order valence-corrected chi connectivity index (χ1v) is 13.5. The van der Waals surface area contributed by atoms with Gasteiger partial charge in [0.1, 0.15) is 12.6 Å². The molecule has 1 fully saturated rings. The molecule has 0 spiro atoms. The first kappa shape index (κ1) is 24.3. The van der Waals surface area contributed by atoms with Crippen molar-refractivity contribution in [3.05, 3.63) is 95.7 Å². The molecule has 6 heteroatoms. The van der Waals surface area contributed by atoms with E-state index in [2.05, 4.69) is 46.4 Å². The molecule has 0 aliphatic heterocycles. The van der Waals surface area contributed by atoms with E-state index in [0.717, 1.165) is 51.6 Å². The molecule has 0 saturated heterocycles. The number of nitrogens with one attached hydrogen (secondary N) is 1. The average Bonchev–Trinajstić information content (AvgIpc) is 3.48. The Morgan fingerprint density at radius 2 is 1.53 bits per heavy atom. The Labute approximate surface area is 222 Å². The predicted octanol–water partition coefficient (Wildman–Crippen LogP) is 6.68. The highest BCUT2D eigenvalue weighted by Gasteiger charge is 2.30. The van der Waals surface area contributed by atoms with Crippen LogP contribution in [0.25, 0.3) is 22.0 Å². The zero-order valence-corrected chi connectivity index (χ0v) is 21.3. The molecule has 6 nitrogen and oxygen atoms in total. The fourth-order valence-electron chi connectivity index (χ4n) is 6.30. The third-order valence-corrected chi connectivity index (χ3v) is 8.15. The van der Waals surface area contributed by atoms with Gasteiger partial charge in [-0.3, -0.25) is 0 Å². The number of benzene rings is 3. The summed E-state index contributed by atoms with van der Waals surface area (Å²) in [7, 11) is 0. The SMILES string of the molecule is O=C(NC(Cc1cn(C2CCCCC2)c2ccccc12)C(=O)O)OCC1c2ccccc2-c2ccccc21. The van der Waals surface area contributed by atoms with Crippen LogP contribution in [0.4, 0.5) is 4.79 Å². The molecule has 1 atom stereocenters. The molecule has 194 valence electrons. The van der Waals surface area contributed by atoms with E-state index in [1.165, 1.54) is 19.3 Å². The van der Waals surface area contributed by atoms with E-state index in [-0.39, 0.29) is 18.9 Å². The summed E-state index contributed by atoms with van der Waals surface area (Å²) in [6.07, 6.45) is 7.55. The molecular weight excluding hydrogens is 476 g/mol. The molecule has 1 amide bonds. The van der Waals surface area contributed by atoms with Crippen LogP contribution in [0.1, 0.15) is 60.8 Å². The van der Waals surface area contributed by atoms with Gasteiger partial charge in [0.05, 0.1) is 0 Å². The highest BCUT2D eigenvalue weighted by Crippen LogP contribution is 2.44. The topological polar surface area (TPSA) is 80.6 Å². The molecule has 3 aromatic carbocycles.